The van der Waals surface area contributed by atoms with Crippen LogP contribution in [0.15, 0.2) is 59.6 Å². The molecule has 1 heterocycles. The lowest BCUT2D eigenvalue weighted by molar-refractivity contribution is 0.0512. The summed E-state index contributed by atoms with van der Waals surface area (Å²) in [4.78, 5) is 4.41. The maximum Gasteiger partial charge on any atom is 0.191 e. The Bertz CT molecular complexity index is 736. The highest BCUT2D eigenvalue weighted by molar-refractivity contribution is 5.79. The van der Waals surface area contributed by atoms with Gasteiger partial charge >= 0.3 is 0 Å². The number of guanidine groups is 1. The number of hydrogen-bond acceptors (Lipinski definition) is 2. The van der Waals surface area contributed by atoms with Crippen molar-refractivity contribution in [2.45, 2.75) is 31.6 Å². The van der Waals surface area contributed by atoms with Crippen molar-refractivity contribution in [3.8, 4) is 0 Å². The van der Waals surface area contributed by atoms with Crippen molar-refractivity contribution in [1.29, 1.82) is 0 Å². The van der Waals surface area contributed by atoms with Gasteiger partial charge in [-0.2, -0.15) is 0 Å². The predicted octanol–water partition coefficient (Wildman–Crippen LogP) is 3.45. The predicted molar refractivity (Wildman–Crippen MR) is 112 cm³/mol. The Labute approximate surface area is 163 Å². The lowest BCUT2D eigenvalue weighted by atomic mass is 9.72. The fraction of sp³-hybridized carbons (Fsp3) is 0.435. The Morgan fingerprint density at radius 1 is 1.00 bits per heavy atom. The Morgan fingerprint density at radius 3 is 2.41 bits per heavy atom. The molecule has 4 nitrogen and oxygen atoms in total. The molecule has 2 N–H and O–H groups in total. The van der Waals surface area contributed by atoms with E-state index in [0.717, 1.165) is 51.5 Å². The van der Waals surface area contributed by atoms with Crippen molar-refractivity contribution in [2.75, 3.05) is 33.4 Å². The Kier molecular flexibility index (Phi) is 6.88. The average molecular weight is 366 g/mol. The van der Waals surface area contributed by atoms with Gasteiger partial charge in [0.15, 0.2) is 5.96 Å². The zero-order valence-corrected chi connectivity index (χ0v) is 16.5. The minimum absolute atomic E-state index is 0.0979. The van der Waals surface area contributed by atoms with Crippen LogP contribution in [0.5, 0.6) is 0 Å². The summed E-state index contributed by atoms with van der Waals surface area (Å²) in [6, 6.07) is 19.3. The van der Waals surface area contributed by atoms with Crippen LogP contribution in [0.3, 0.4) is 0 Å². The van der Waals surface area contributed by atoms with Gasteiger partial charge in [-0.25, -0.2) is 0 Å². The van der Waals surface area contributed by atoms with Crippen LogP contribution in [-0.2, 0) is 16.6 Å². The Hall–Kier alpha value is -2.33. The average Bonchev–Trinajstić information content (AvgIpc) is 2.72. The number of ether oxygens (including phenoxy) is 1. The first-order valence-electron chi connectivity index (χ1n) is 9.86. The van der Waals surface area contributed by atoms with Gasteiger partial charge in [-0.15, -0.1) is 0 Å². The van der Waals surface area contributed by atoms with Crippen molar-refractivity contribution >= 4 is 5.96 Å². The second-order valence-corrected chi connectivity index (χ2v) is 7.30. The van der Waals surface area contributed by atoms with E-state index in [4.69, 9.17) is 4.74 Å². The Morgan fingerprint density at radius 2 is 1.70 bits per heavy atom. The van der Waals surface area contributed by atoms with Crippen LogP contribution in [0.25, 0.3) is 0 Å². The van der Waals surface area contributed by atoms with Crippen molar-refractivity contribution in [1.82, 2.24) is 10.6 Å². The number of benzene rings is 2. The lowest BCUT2D eigenvalue weighted by Gasteiger charge is -2.39. The number of nitrogens with zero attached hydrogens (tertiary/aromatic N) is 1. The molecular formula is C23H31N3O. The third-order valence-electron chi connectivity index (χ3n) is 5.53. The van der Waals surface area contributed by atoms with Gasteiger partial charge in [0.05, 0.1) is 0 Å². The maximum atomic E-state index is 5.66. The van der Waals surface area contributed by atoms with Gasteiger partial charge in [0, 0.05) is 38.8 Å². The summed E-state index contributed by atoms with van der Waals surface area (Å²) in [7, 11) is 1.84. The molecule has 144 valence electrons. The minimum Gasteiger partial charge on any atom is -0.381 e. The number of hydrogen-bond donors (Lipinski definition) is 2. The molecule has 0 saturated carbocycles. The highest BCUT2D eigenvalue weighted by Crippen LogP contribution is 2.36. The van der Waals surface area contributed by atoms with Crippen LogP contribution >= 0.6 is 0 Å². The van der Waals surface area contributed by atoms with Crippen LogP contribution in [0.4, 0.5) is 0 Å². The topological polar surface area (TPSA) is 45.7 Å². The molecule has 0 aromatic heterocycles. The summed E-state index contributed by atoms with van der Waals surface area (Å²) in [5.74, 6) is 0.866. The lowest BCUT2D eigenvalue weighted by Crippen LogP contribution is -2.48. The SMILES string of the molecule is CN=C(NCCc1ccccc1)NCC1(c2ccccc2C)CCOCC1. The molecule has 0 amide bonds. The van der Waals surface area contributed by atoms with Crippen molar-refractivity contribution in [3.63, 3.8) is 0 Å². The molecule has 1 aliphatic heterocycles. The van der Waals surface area contributed by atoms with Crippen LogP contribution in [-0.4, -0.2) is 39.3 Å². The molecule has 27 heavy (non-hydrogen) atoms. The van der Waals surface area contributed by atoms with E-state index < -0.39 is 0 Å². The standard InChI is InChI=1S/C23H31N3O/c1-19-8-6-7-11-21(19)23(13-16-27-17-14-23)18-26-22(24-2)25-15-12-20-9-4-3-5-10-20/h3-11H,12-18H2,1-2H3,(H2,24,25,26). The van der Waals surface area contributed by atoms with E-state index in [1.54, 1.807) is 0 Å². The smallest absolute Gasteiger partial charge is 0.191 e. The van der Waals surface area contributed by atoms with Crippen molar-refractivity contribution in [3.05, 3.63) is 71.3 Å². The van der Waals surface area contributed by atoms with E-state index in [-0.39, 0.29) is 5.41 Å². The highest BCUT2D eigenvalue weighted by atomic mass is 16.5. The molecule has 1 aliphatic rings. The first-order valence-corrected chi connectivity index (χ1v) is 9.86. The van der Waals surface area contributed by atoms with E-state index in [1.807, 2.05) is 7.05 Å². The molecule has 2 aromatic carbocycles. The second-order valence-electron chi connectivity index (χ2n) is 7.30. The molecule has 0 aliphatic carbocycles. The third kappa shape index (κ3) is 5.10. The highest BCUT2D eigenvalue weighted by Gasteiger charge is 2.35. The van der Waals surface area contributed by atoms with Gasteiger partial charge < -0.3 is 15.4 Å². The molecule has 0 atom stereocenters. The fourth-order valence-corrected chi connectivity index (χ4v) is 3.91. The van der Waals surface area contributed by atoms with Crippen molar-refractivity contribution in [2.24, 2.45) is 4.99 Å². The summed E-state index contributed by atoms with van der Waals surface area (Å²) in [6.07, 6.45) is 3.05. The number of nitrogens with one attached hydrogen (secondary N) is 2. The van der Waals surface area contributed by atoms with Crippen molar-refractivity contribution < 1.29 is 4.74 Å². The van der Waals surface area contributed by atoms with E-state index in [9.17, 15) is 0 Å². The number of aryl methyl sites for hydroxylation is 1. The fourth-order valence-electron chi connectivity index (χ4n) is 3.91. The van der Waals surface area contributed by atoms with Crippen LogP contribution < -0.4 is 10.6 Å². The molecule has 1 saturated heterocycles. The molecule has 2 aromatic rings. The third-order valence-corrected chi connectivity index (χ3v) is 5.53. The number of aliphatic imine (C=N–C) groups is 1. The summed E-state index contributed by atoms with van der Waals surface area (Å²) in [6.45, 7) is 5.57. The molecule has 0 spiro atoms. The molecular weight excluding hydrogens is 334 g/mol. The van der Waals surface area contributed by atoms with Gasteiger partial charge in [0.2, 0.25) is 0 Å². The largest absolute Gasteiger partial charge is 0.381 e. The van der Waals surface area contributed by atoms with Gasteiger partial charge in [0.1, 0.15) is 0 Å². The maximum absolute atomic E-state index is 5.66. The molecule has 0 radical (unpaired) electrons. The van der Waals surface area contributed by atoms with E-state index in [2.05, 4.69) is 77.1 Å². The van der Waals surface area contributed by atoms with Gasteiger partial charge in [0.25, 0.3) is 0 Å². The molecule has 4 heteroatoms. The van der Waals surface area contributed by atoms with Crippen LogP contribution in [0, 0.1) is 6.92 Å². The van der Waals surface area contributed by atoms with Crippen LogP contribution in [0.1, 0.15) is 29.5 Å². The second kappa shape index (κ2) is 9.56. The van der Waals surface area contributed by atoms with E-state index in [0.29, 0.717) is 0 Å². The summed E-state index contributed by atoms with van der Waals surface area (Å²) < 4.78 is 5.66. The number of rotatable bonds is 6. The molecule has 0 unspecified atom stereocenters. The summed E-state index contributed by atoms with van der Waals surface area (Å²) >= 11 is 0. The van der Waals surface area contributed by atoms with Crippen LogP contribution in [0.2, 0.25) is 0 Å². The monoisotopic (exact) mass is 365 g/mol. The molecule has 3 rings (SSSR count). The van der Waals surface area contributed by atoms with E-state index >= 15 is 0 Å². The minimum atomic E-state index is 0.0979. The molecule has 1 fully saturated rings. The zero-order chi connectivity index (χ0) is 19.0. The molecule has 0 bridgehead atoms. The van der Waals surface area contributed by atoms with E-state index in [1.165, 1.54) is 16.7 Å². The first kappa shape index (κ1) is 19.4. The van der Waals surface area contributed by atoms with Gasteiger partial charge in [-0.1, -0.05) is 54.6 Å². The normalized spacial score (nSPS) is 16.7. The zero-order valence-electron chi connectivity index (χ0n) is 16.5. The first-order chi connectivity index (χ1) is 13.2. The van der Waals surface area contributed by atoms with Gasteiger partial charge in [-0.3, -0.25) is 4.99 Å². The quantitative estimate of drug-likeness (QED) is 0.609. The Balaban J connectivity index is 1.61. The summed E-state index contributed by atoms with van der Waals surface area (Å²) in [5.41, 5.74) is 4.22. The summed E-state index contributed by atoms with van der Waals surface area (Å²) in [5, 5.41) is 7.02. The van der Waals surface area contributed by atoms with Gasteiger partial charge in [-0.05, 0) is 42.9 Å².